The summed E-state index contributed by atoms with van der Waals surface area (Å²) in [6.45, 7) is 0.554. The van der Waals surface area contributed by atoms with E-state index in [4.69, 9.17) is 4.74 Å². The van der Waals surface area contributed by atoms with Gasteiger partial charge in [-0.2, -0.15) is 13.2 Å². The number of carbonyl (C=O) groups is 1. The molecular weight excluding hydrogens is 273 g/mol. The highest BCUT2D eigenvalue weighted by atomic mass is 19.4. The van der Waals surface area contributed by atoms with Crippen molar-refractivity contribution in [2.75, 3.05) is 13.2 Å². The molecule has 0 saturated carbocycles. The smallest absolute Gasteiger partial charge is 0.405 e. The number of nitrogens with one attached hydrogen (secondary N) is 2. The third-order valence-corrected chi connectivity index (χ3v) is 3.01. The molecule has 1 heterocycles. The van der Waals surface area contributed by atoms with E-state index in [1.165, 1.54) is 6.92 Å². The first-order valence-electron chi connectivity index (χ1n) is 6.19. The van der Waals surface area contributed by atoms with Crippen molar-refractivity contribution in [2.24, 2.45) is 0 Å². The van der Waals surface area contributed by atoms with E-state index < -0.39 is 24.7 Å². The van der Waals surface area contributed by atoms with E-state index >= 15 is 0 Å². The molecule has 0 radical (unpaired) electrons. The van der Waals surface area contributed by atoms with Crippen LogP contribution in [0.5, 0.6) is 5.75 Å². The van der Waals surface area contributed by atoms with Crippen molar-refractivity contribution in [2.45, 2.75) is 25.2 Å². The maximum atomic E-state index is 12.0. The Morgan fingerprint density at radius 1 is 1.45 bits per heavy atom. The van der Waals surface area contributed by atoms with E-state index in [-0.39, 0.29) is 6.04 Å². The van der Waals surface area contributed by atoms with Gasteiger partial charge < -0.3 is 10.1 Å². The van der Waals surface area contributed by atoms with Gasteiger partial charge in [-0.3, -0.25) is 10.1 Å². The van der Waals surface area contributed by atoms with Gasteiger partial charge in [0, 0.05) is 5.56 Å². The van der Waals surface area contributed by atoms with Crippen molar-refractivity contribution in [3.63, 3.8) is 0 Å². The van der Waals surface area contributed by atoms with Gasteiger partial charge in [-0.15, -0.1) is 0 Å². The van der Waals surface area contributed by atoms with Gasteiger partial charge in [0.1, 0.15) is 18.9 Å². The first-order chi connectivity index (χ1) is 9.37. The fraction of sp³-hybridized carbons (Fsp3) is 0.462. The summed E-state index contributed by atoms with van der Waals surface area (Å²) in [6.07, 6.45) is -4.40. The Labute approximate surface area is 114 Å². The summed E-state index contributed by atoms with van der Waals surface area (Å²) in [6, 6.07) is 6.41. The molecule has 2 unspecified atom stereocenters. The van der Waals surface area contributed by atoms with Gasteiger partial charge in [-0.1, -0.05) is 18.2 Å². The second-order valence-electron chi connectivity index (χ2n) is 4.62. The minimum atomic E-state index is -4.40. The average Bonchev–Trinajstić information content (AvgIpc) is 2.78. The van der Waals surface area contributed by atoms with Gasteiger partial charge >= 0.3 is 6.18 Å². The monoisotopic (exact) mass is 288 g/mol. The lowest BCUT2D eigenvalue weighted by molar-refractivity contribution is -0.139. The van der Waals surface area contributed by atoms with E-state index in [1.807, 2.05) is 29.6 Å². The number of para-hydroxylation sites is 1. The SMILES string of the molecule is CC(NC1COc2ccccc21)C(=O)NCC(F)(F)F. The van der Waals surface area contributed by atoms with E-state index in [0.29, 0.717) is 6.61 Å². The molecule has 2 rings (SSSR count). The molecule has 2 atom stereocenters. The van der Waals surface area contributed by atoms with E-state index in [1.54, 1.807) is 0 Å². The van der Waals surface area contributed by atoms with E-state index in [2.05, 4.69) is 5.32 Å². The molecule has 110 valence electrons. The Bertz CT molecular complexity index is 491. The molecule has 1 aliphatic rings. The molecule has 0 saturated heterocycles. The van der Waals surface area contributed by atoms with Crippen LogP contribution >= 0.6 is 0 Å². The zero-order valence-electron chi connectivity index (χ0n) is 10.8. The van der Waals surface area contributed by atoms with Crippen LogP contribution in [-0.4, -0.2) is 31.3 Å². The van der Waals surface area contributed by atoms with Crippen molar-refractivity contribution in [3.8, 4) is 5.75 Å². The molecule has 1 aromatic rings. The van der Waals surface area contributed by atoms with Gasteiger partial charge in [-0.25, -0.2) is 0 Å². The van der Waals surface area contributed by atoms with Crippen LogP contribution in [0.2, 0.25) is 0 Å². The van der Waals surface area contributed by atoms with Crippen LogP contribution in [-0.2, 0) is 4.79 Å². The van der Waals surface area contributed by atoms with Crippen LogP contribution in [0.3, 0.4) is 0 Å². The van der Waals surface area contributed by atoms with Crippen molar-refractivity contribution in [1.82, 2.24) is 10.6 Å². The summed E-state index contributed by atoms with van der Waals surface area (Å²) in [5.41, 5.74) is 0.906. The molecular formula is C13H15F3N2O2. The van der Waals surface area contributed by atoms with Gasteiger partial charge in [0.15, 0.2) is 0 Å². The van der Waals surface area contributed by atoms with Crippen LogP contribution in [0.4, 0.5) is 13.2 Å². The Morgan fingerprint density at radius 2 is 2.15 bits per heavy atom. The largest absolute Gasteiger partial charge is 0.491 e. The third kappa shape index (κ3) is 3.63. The first-order valence-corrected chi connectivity index (χ1v) is 6.19. The Hall–Kier alpha value is -1.76. The number of benzene rings is 1. The van der Waals surface area contributed by atoms with Gasteiger partial charge in [0.2, 0.25) is 5.91 Å². The topological polar surface area (TPSA) is 50.4 Å². The lowest BCUT2D eigenvalue weighted by Crippen LogP contribution is -2.46. The maximum Gasteiger partial charge on any atom is 0.405 e. The van der Waals surface area contributed by atoms with Crippen molar-refractivity contribution >= 4 is 5.91 Å². The number of alkyl halides is 3. The molecule has 2 N–H and O–H groups in total. The molecule has 1 aliphatic heterocycles. The highest BCUT2D eigenvalue weighted by molar-refractivity contribution is 5.81. The van der Waals surface area contributed by atoms with E-state index in [9.17, 15) is 18.0 Å². The van der Waals surface area contributed by atoms with Crippen molar-refractivity contribution in [3.05, 3.63) is 29.8 Å². The Kier molecular flexibility index (Phi) is 4.17. The highest BCUT2D eigenvalue weighted by Crippen LogP contribution is 2.31. The van der Waals surface area contributed by atoms with Gasteiger partial charge in [0.05, 0.1) is 12.1 Å². The molecule has 0 aliphatic carbocycles. The first kappa shape index (κ1) is 14.6. The lowest BCUT2D eigenvalue weighted by Gasteiger charge is -2.18. The standard InChI is InChI=1S/C13H15F3N2O2/c1-8(12(19)17-7-13(14,15)16)18-10-6-20-11-5-3-2-4-9(10)11/h2-5,8,10,18H,6-7H2,1H3,(H,17,19). The van der Waals surface area contributed by atoms with Crippen LogP contribution in [0.25, 0.3) is 0 Å². The predicted molar refractivity (Wildman–Crippen MR) is 66.3 cm³/mol. The minimum absolute atomic E-state index is 0.196. The summed E-state index contributed by atoms with van der Waals surface area (Å²) in [5.74, 6) is 0.0413. The number of ether oxygens (including phenoxy) is 1. The predicted octanol–water partition coefficient (Wildman–Crippen LogP) is 1.78. The second kappa shape index (κ2) is 5.70. The van der Waals surface area contributed by atoms with E-state index in [0.717, 1.165) is 11.3 Å². The summed E-state index contributed by atoms with van der Waals surface area (Å²) in [4.78, 5) is 11.6. The number of hydrogen-bond acceptors (Lipinski definition) is 3. The van der Waals surface area contributed by atoms with Crippen molar-refractivity contribution < 1.29 is 22.7 Å². The second-order valence-corrected chi connectivity index (χ2v) is 4.62. The average molecular weight is 288 g/mol. The highest BCUT2D eigenvalue weighted by Gasteiger charge is 2.30. The number of rotatable bonds is 4. The quantitative estimate of drug-likeness (QED) is 0.888. The molecule has 4 nitrogen and oxygen atoms in total. The summed E-state index contributed by atoms with van der Waals surface area (Å²) in [5, 5.41) is 4.82. The minimum Gasteiger partial charge on any atom is -0.491 e. The number of halogens is 3. The maximum absolute atomic E-state index is 12.0. The fourth-order valence-corrected chi connectivity index (χ4v) is 2.02. The molecule has 0 fully saturated rings. The fourth-order valence-electron chi connectivity index (χ4n) is 2.02. The number of amides is 1. The van der Waals surface area contributed by atoms with Gasteiger partial charge in [-0.05, 0) is 13.0 Å². The number of carbonyl (C=O) groups excluding carboxylic acids is 1. The molecule has 0 spiro atoms. The molecule has 7 heteroatoms. The summed E-state index contributed by atoms with van der Waals surface area (Å²) in [7, 11) is 0. The summed E-state index contributed by atoms with van der Waals surface area (Å²) < 4.78 is 41.5. The number of fused-ring (bicyclic) bond motifs is 1. The Morgan fingerprint density at radius 3 is 2.85 bits per heavy atom. The van der Waals surface area contributed by atoms with Crippen LogP contribution < -0.4 is 15.4 Å². The van der Waals surface area contributed by atoms with Crippen LogP contribution in [0.15, 0.2) is 24.3 Å². The Balaban J connectivity index is 1.89. The lowest BCUT2D eigenvalue weighted by atomic mass is 10.1. The molecule has 1 aromatic carbocycles. The zero-order chi connectivity index (χ0) is 14.8. The normalized spacial score (nSPS) is 19.1. The molecule has 0 bridgehead atoms. The number of hydrogen-bond donors (Lipinski definition) is 2. The zero-order valence-corrected chi connectivity index (χ0v) is 10.8. The van der Waals surface area contributed by atoms with Gasteiger partial charge in [0.25, 0.3) is 0 Å². The molecule has 1 amide bonds. The summed E-state index contributed by atoms with van der Waals surface area (Å²) >= 11 is 0. The van der Waals surface area contributed by atoms with Crippen molar-refractivity contribution in [1.29, 1.82) is 0 Å². The van der Waals surface area contributed by atoms with Crippen LogP contribution in [0, 0.1) is 0 Å². The van der Waals surface area contributed by atoms with Crippen LogP contribution in [0.1, 0.15) is 18.5 Å². The molecule has 0 aromatic heterocycles. The molecule has 20 heavy (non-hydrogen) atoms. The third-order valence-electron chi connectivity index (χ3n) is 3.01.